The SMILES string of the molecule is CC(C)C(CC[C@H](C)[C@H]1CCC2C3C(OCc4ccccc4)CC4C[C@@H](O)CC[C@]4(C)C3CC[C@@]21C)O[Si](C)(C)C(C)(C)C. The zero-order valence-corrected chi connectivity index (χ0v) is 31.2. The molecule has 1 aromatic carbocycles. The van der Waals surface area contributed by atoms with Gasteiger partial charge in [0.05, 0.1) is 18.8 Å². The van der Waals surface area contributed by atoms with E-state index in [9.17, 15) is 5.11 Å². The number of hydrogen-bond acceptors (Lipinski definition) is 3. The van der Waals surface area contributed by atoms with Gasteiger partial charge in [0.25, 0.3) is 0 Å². The van der Waals surface area contributed by atoms with Crippen molar-refractivity contribution in [1.82, 2.24) is 0 Å². The van der Waals surface area contributed by atoms with Crippen LogP contribution >= 0.6 is 0 Å². The number of aliphatic hydroxyl groups is 1. The molecule has 4 aliphatic carbocycles. The van der Waals surface area contributed by atoms with Gasteiger partial charge in [-0.2, -0.15) is 0 Å². The molecule has 0 heterocycles. The van der Waals surface area contributed by atoms with Crippen molar-refractivity contribution in [3.63, 3.8) is 0 Å². The van der Waals surface area contributed by atoms with Crippen LogP contribution in [0.15, 0.2) is 30.3 Å². The lowest BCUT2D eigenvalue weighted by Crippen LogP contribution is -2.59. The summed E-state index contributed by atoms with van der Waals surface area (Å²) in [5, 5.41) is 11.0. The van der Waals surface area contributed by atoms with Gasteiger partial charge in [0, 0.05) is 6.10 Å². The molecule has 11 atom stereocenters. The summed E-state index contributed by atoms with van der Waals surface area (Å²) in [5.74, 6) is 4.80. The van der Waals surface area contributed by atoms with Crippen molar-refractivity contribution in [1.29, 1.82) is 0 Å². The third-order valence-corrected chi connectivity index (χ3v) is 19.1. The molecule has 1 N–H and O–H groups in total. The molecule has 4 aliphatic rings. The van der Waals surface area contributed by atoms with Gasteiger partial charge in [-0.25, -0.2) is 0 Å². The van der Waals surface area contributed by atoms with E-state index in [4.69, 9.17) is 9.16 Å². The van der Waals surface area contributed by atoms with Crippen molar-refractivity contribution in [3.8, 4) is 0 Å². The van der Waals surface area contributed by atoms with Crippen molar-refractivity contribution >= 4 is 8.32 Å². The average molecular weight is 625 g/mol. The Kier molecular flexibility index (Phi) is 10.3. The summed E-state index contributed by atoms with van der Waals surface area (Å²) in [4.78, 5) is 0. The van der Waals surface area contributed by atoms with Crippen LogP contribution in [0, 0.1) is 52.3 Å². The number of benzene rings is 1. The molecule has 4 saturated carbocycles. The van der Waals surface area contributed by atoms with E-state index in [1.54, 1.807) is 0 Å². The molecule has 4 heteroatoms. The van der Waals surface area contributed by atoms with Gasteiger partial charge in [-0.05, 0) is 140 Å². The van der Waals surface area contributed by atoms with Gasteiger partial charge in [0.15, 0.2) is 8.32 Å². The van der Waals surface area contributed by atoms with Gasteiger partial charge in [-0.15, -0.1) is 0 Å². The van der Waals surface area contributed by atoms with Crippen molar-refractivity contribution < 1.29 is 14.3 Å². The third kappa shape index (κ3) is 6.67. The maximum Gasteiger partial charge on any atom is 0.192 e. The van der Waals surface area contributed by atoms with Crippen LogP contribution in [0.25, 0.3) is 0 Å². The highest BCUT2D eigenvalue weighted by Crippen LogP contribution is 2.69. The van der Waals surface area contributed by atoms with Crippen LogP contribution in [0.2, 0.25) is 18.1 Å². The minimum atomic E-state index is -1.79. The lowest BCUT2D eigenvalue weighted by atomic mass is 9.43. The van der Waals surface area contributed by atoms with Gasteiger partial charge in [-0.3, -0.25) is 0 Å². The molecule has 0 radical (unpaired) electrons. The second-order valence-electron chi connectivity index (χ2n) is 18.4. The van der Waals surface area contributed by atoms with Gasteiger partial charge >= 0.3 is 0 Å². The monoisotopic (exact) mass is 624 g/mol. The second-order valence-corrected chi connectivity index (χ2v) is 23.2. The van der Waals surface area contributed by atoms with Crippen LogP contribution < -0.4 is 0 Å². The number of rotatable bonds is 10. The molecule has 0 spiro atoms. The third-order valence-electron chi connectivity index (χ3n) is 14.6. The maximum absolute atomic E-state index is 10.7. The summed E-state index contributed by atoms with van der Waals surface area (Å²) >= 11 is 0. The minimum Gasteiger partial charge on any atom is -0.414 e. The molecule has 0 amide bonds. The Bertz CT molecular complexity index is 1080. The average Bonchev–Trinajstić information content (AvgIpc) is 3.31. The lowest BCUT2D eigenvalue weighted by Gasteiger charge is -2.63. The minimum absolute atomic E-state index is 0.125. The van der Waals surface area contributed by atoms with Gasteiger partial charge in [0.1, 0.15) is 0 Å². The lowest BCUT2D eigenvalue weighted by molar-refractivity contribution is -0.191. The molecule has 4 fully saturated rings. The first-order chi connectivity index (χ1) is 20.6. The van der Waals surface area contributed by atoms with E-state index < -0.39 is 8.32 Å². The van der Waals surface area contributed by atoms with Crippen molar-refractivity contribution in [2.75, 3.05) is 0 Å². The normalized spacial score (nSPS) is 39.0. The molecule has 5 rings (SSSR count). The van der Waals surface area contributed by atoms with Crippen LogP contribution in [-0.2, 0) is 15.8 Å². The predicted molar refractivity (Wildman–Crippen MR) is 187 cm³/mol. The first-order valence-electron chi connectivity index (χ1n) is 18.6. The fourth-order valence-corrected chi connectivity index (χ4v) is 12.3. The molecule has 3 nitrogen and oxygen atoms in total. The fraction of sp³-hybridized carbons (Fsp3) is 0.850. The number of aliphatic hydroxyl groups excluding tert-OH is 1. The zero-order valence-electron chi connectivity index (χ0n) is 30.2. The highest BCUT2D eigenvalue weighted by Gasteiger charge is 2.63. The molecule has 0 aromatic heterocycles. The van der Waals surface area contributed by atoms with E-state index >= 15 is 0 Å². The molecule has 250 valence electrons. The summed E-state index contributed by atoms with van der Waals surface area (Å²) in [5.41, 5.74) is 2.05. The van der Waals surface area contributed by atoms with Crippen molar-refractivity contribution in [3.05, 3.63) is 35.9 Å². The second kappa shape index (κ2) is 13.1. The summed E-state index contributed by atoms with van der Waals surface area (Å²) in [6.45, 7) is 25.3. The molecule has 44 heavy (non-hydrogen) atoms. The summed E-state index contributed by atoms with van der Waals surface area (Å²) in [6.07, 6.45) is 12.8. The maximum atomic E-state index is 10.7. The first kappa shape index (κ1) is 34.6. The van der Waals surface area contributed by atoms with Crippen molar-refractivity contribution in [2.24, 2.45) is 52.3 Å². The Labute approximate surface area is 272 Å². The number of hydrogen-bond donors (Lipinski definition) is 1. The van der Waals surface area contributed by atoms with E-state index in [0.29, 0.717) is 40.8 Å². The molecule has 0 aliphatic heterocycles. The van der Waals surface area contributed by atoms with Gasteiger partial charge < -0.3 is 14.3 Å². The van der Waals surface area contributed by atoms with Crippen molar-refractivity contribution in [2.45, 2.75) is 163 Å². The van der Waals surface area contributed by atoms with E-state index in [2.05, 4.69) is 98.8 Å². The summed E-state index contributed by atoms with van der Waals surface area (Å²) in [6, 6.07) is 10.8. The summed E-state index contributed by atoms with van der Waals surface area (Å²) < 4.78 is 14.0. The number of ether oxygens (including phenoxy) is 1. The standard InChI is InChI=1S/C40H68O3Si/c1-27(2)35(43-44(9,10)38(4,5)6)19-16-28(3)32-17-18-33-37-34(21-23-40(32,33)8)39(7)22-20-31(41)24-30(39)25-36(37)42-26-29-14-12-11-13-15-29/h11-15,27-28,30-37,41H,16-26H2,1-10H3/t28-,30?,31-,32+,33?,34?,35?,36?,37?,39-,40+/m0/s1. The van der Waals surface area contributed by atoms with Crippen LogP contribution in [0.3, 0.4) is 0 Å². The van der Waals surface area contributed by atoms with Crippen LogP contribution in [0.5, 0.6) is 0 Å². The van der Waals surface area contributed by atoms with E-state index in [1.807, 2.05) is 0 Å². The Balaban J connectivity index is 1.33. The molecular formula is C40H68O3Si. The Morgan fingerprint density at radius 1 is 0.886 bits per heavy atom. The smallest absolute Gasteiger partial charge is 0.192 e. The fourth-order valence-electron chi connectivity index (χ4n) is 10.8. The van der Waals surface area contributed by atoms with Crippen LogP contribution in [0.1, 0.15) is 125 Å². The predicted octanol–water partition coefficient (Wildman–Crippen LogP) is 10.7. The molecule has 1 aromatic rings. The quantitative estimate of drug-likeness (QED) is 0.263. The highest BCUT2D eigenvalue weighted by molar-refractivity contribution is 6.74. The largest absolute Gasteiger partial charge is 0.414 e. The van der Waals surface area contributed by atoms with Crippen LogP contribution in [0.4, 0.5) is 0 Å². The van der Waals surface area contributed by atoms with Gasteiger partial charge in [-0.1, -0.05) is 85.7 Å². The Morgan fingerprint density at radius 3 is 2.20 bits per heavy atom. The van der Waals surface area contributed by atoms with E-state index in [-0.39, 0.29) is 11.1 Å². The molecule has 0 bridgehead atoms. The van der Waals surface area contributed by atoms with E-state index in [0.717, 1.165) is 49.5 Å². The van der Waals surface area contributed by atoms with Crippen LogP contribution in [-0.4, -0.2) is 31.7 Å². The molecule has 0 saturated heterocycles. The Morgan fingerprint density at radius 2 is 1.55 bits per heavy atom. The number of fused-ring (bicyclic) bond motifs is 5. The topological polar surface area (TPSA) is 38.7 Å². The van der Waals surface area contributed by atoms with Gasteiger partial charge in [0.2, 0.25) is 0 Å². The molecular weight excluding hydrogens is 557 g/mol. The highest BCUT2D eigenvalue weighted by atomic mass is 28.4. The van der Waals surface area contributed by atoms with E-state index in [1.165, 1.54) is 50.5 Å². The summed E-state index contributed by atoms with van der Waals surface area (Å²) in [7, 11) is -1.79. The first-order valence-corrected chi connectivity index (χ1v) is 21.5. The Hall–Kier alpha value is -0.683. The molecule has 6 unspecified atom stereocenters. The zero-order chi connectivity index (χ0) is 32.1.